The van der Waals surface area contributed by atoms with Crippen molar-refractivity contribution >= 4 is 40.9 Å². The van der Waals surface area contributed by atoms with E-state index in [9.17, 15) is 23.9 Å². The second-order valence-electron chi connectivity index (χ2n) is 7.93. The molecular weight excluding hydrogens is 495 g/mol. The lowest BCUT2D eigenvalue weighted by molar-refractivity contribution is -0.119. The summed E-state index contributed by atoms with van der Waals surface area (Å²) < 4.78 is 25.0. The van der Waals surface area contributed by atoms with Crippen molar-refractivity contribution in [2.75, 3.05) is 23.8 Å². The number of oxazole rings is 1. The van der Waals surface area contributed by atoms with Crippen molar-refractivity contribution < 1.29 is 33.0 Å². The average molecular weight is 517 g/mol. The third-order valence-electron chi connectivity index (χ3n) is 5.46. The summed E-state index contributed by atoms with van der Waals surface area (Å²) in [6, 6.07) is 8.58. The maximum Gasteiger partial charge on any atom is 0.360 e. The number of likely N-dealkylation sites (tertiary alicyclic amines) is 1. The Kier molecular flexibility index (Phi) is 7.51. The Morgan fingerprint density at radius 2 is 1.97 bits per heavy atom. The summed E-state index contributed by atoms with van der Waals surface area (Å²) >= 11 is 5.85. The first-order valence-electron chi connectivity index (χ1n) is 11.0. The van der Waals surface area contributed by atoms with E-state index in [0.29, 0.717) is 10.7 Å². The number of nitrogens with one attached hydrogen (secondary N) is 2. The summed E-state index contributed by atoms with van der Waals surface area (Å²) in [6.45, 7) is 1.71. The monoisotopic (exact) mass is 516 g/mol. The van der Waals surface area contributed by atoms with Gasteiger partial charge < -0.3 is 29.8 Å². The number of ether oxygens (including phenoxy) is 1. The van der Waals surface area contributed by atoms with Crippen molar-refractivity contribution in [3.8, 4) is 11.3 Å². The first-order chi connectivity index (χ1) is 17.3. The van der Waals surface area contributed by atoms with Crippen LogP contribution in [0.15, 0.2) is 53.3 Å². The normalized spacial score (nSPS) is 17.1. The Hall–Kier alpha value is -3.96. The molecule has 4 rings (SSSR count). The third kappa shape index (κ3) is 5.47. The summed E-state index contributed by atoms with van der Waals surface area (Å²) in [5.74, 6) is -2.16. The van der Waals surface area contributed by atoms with E-state index in [-0.39, 0.29) is 42.3 Å². The lowest BCUT2D eigenvalue weighted by Crippen LogP contribution is -2.45. The van der Waals surface area contributed by atoms with Crippen LogP contribution in [-0.2, 0) is 9.53 Å². The minimum atomic E-state index is -1.03. The number of aromatic nitrogens is 1. The zero-order valence-electron chi connectivity index (χ0n) is 19.0. The molecule has 0 saturated carbocycles. The van der Waals surface area contributed by atoms with Gasteiger partial charge in [-0.3, -0.25) is 4.79 Å². The molecule has 0 aliphatic carbocycles. The van der Waals surface area contributed by atoms with Crippen LogP contribution in [0.2, 0.25) is 5.02 Å². The number of aliphatic hydroxyl groups excluding tert-OH is 1. The fourth-order valence-corrected chi connectivity index (χ4v) is 3.91. The summed E-state index contributed by atoms with van der Waals surface area (Å²) in [7, 11) is 0. The van der Waals surface area contributed by atoms with Crippen LogP contribution in [0.3, 0.4) is 0 Å². The first-order valence-corrected chi connectivity index (χ1v) is 11.4. The molecule has 3 aromatic rings. The number of hydrogen-bond acceptors (Lipinski definition) is 7. The third-order valence-corrected chi connectivity index (χ3v) is 5.72. The van der Waals surface area contributed by atoms with Gasteiger partial charge in [-0.25, -0.2) is 19.0 Å². The number of hydrogen-bond donors (Lipinski definition) is 3. The van der Waals surface area contributed by atoms with Crippen LogP contribution >= 0.6 is 11.6 Å². The molecule has 1 fully saturated rings. The van der Waals surface area contributed by atoms with Gasteiger partial charge in [0.25, 0.3) is 0 Å². The largest absolute Gasteiger partial charge is 0.461 e. The summed E-state index contributed by atoms with van der Waals surface area (Å²) in [6.07, 6.45) is 0.113. The number of aliphatic hydroxyl groups is 1. The molecule has 0 radical (unpaired) electrons. The van der Waals surface area contributed by atoms with Crippen LogP contribution in [0.4, 0.5) is 20.6 Å². The molecule has 1 saturated heterocycles. The molecule has 1 aliphatic heterocycles. The fourth-order valence-electron chi connectivity index (χ4n) is 3.78. The number of anilines is 2. The van der Waals surface area contributed by atoms with Crippen LogP contribution in [0, 0.1) is 5.82 Å². The van der Waals surface area contributed by atoms with Crippen molar-refractivity contribution in [3.05, 3.63) is 65.4 Å². The number of rotatable bonds is 6. The predicted molar refractivity (Wildman–Crippen MR) is 128 cm³/mol. The summed E-state index contributed by atoms with van der Waals surface area (Å²) in [5.41, 5.74) is 0.420. The van der Waals surface area contributed by atoms with Gasteiger partial charge in [0.2, 0.25) is 5.91 Å². The number of benzene rings is 2. The van der Waals surface area contributed by atoms with Crippen LogP contribution in [-0.4, -0.2) is 58.2 Å². The molecule has 36 heavy (non-hydrogen) atoms. The highest BCUT2D eigenvalue weighted by molar-refractivity contribution is 6.30. The average Bonchev–Trinajstić information content (AvgIpc) is 3.49. The second kappa shape index (κ2) is 10.8. The molecule has 188 valence electrons. The quantitative estimate of drug-likeness (QED) is 0.423. The molecule has 1 aliphatic rings. The van der Waals surface area contributed by atoms with E-state index in [2.05, 4.69) is 15.6 Å². The van der Waals surface area contributed by atoms with E-state index in [1.54, 1.807) is 31.2 Å². The first kappa shape index (κ1) is 25.1. The van der Waals surface area contributed by atoms with Crippen molar-refractivity contribution in [3.63, 3.8) is 0 Å². The van der Waals surface area contributed by atoms with Crippen molar-refractivity contribution in [2.45, 2.75) is 25.5 Å². The molecule has 1 aromatic heterocycles. The fraction of sp³-hybridized carbons (Fsp3) is 0.250. The smallest absolute Gasteiger partial charge is 0.360 e. The van der Waals surface area contributed by atoms with E-state index >= 15 is 0 Å². The van der Waals surface area contributed by atoms with Crippen LogP contribution in [0.5, 0.6) is 0 Å². The molecule has 3 amide bonds. The SMILES string of the molecule is CCOC(=O)c1ncoc1-c1ccc(NC(=O)[C@H]2C[C@@H](O)CN2C(=O)Nc2ccc(Cl)cc2)c(F)c1. The molecule has 2 aromatic carbocycles. The van der Waals surface area contributed by atoms with E-state index < -0.39 is 35.9 Å². The van der Waals surface area contributed by atoms with Gasteiger partial charge in [0.15, 0.2) is 17.8 Å². The summed E-state index contributed by atoms with van der Waals surface area (Å²) in [5, 5.41) is 15.7. The van der Waals surface area contributed by atoms with Gasteiger partial charge in [-0.2, -0.15) is 0 Å². The van der Waals surface area contributed by atoms with Gasteiger partial charge in [-0.05, 0) is 49.4 Å². The van der Waals surface area contributed by atoms with Gasteiger partial charge in [-0.1, -0.05) is 11.6 Å². The van der Waals surface area contributed by atoms with Gasteiger partial charge in [0, 0.05) is 29.2 Å². The molecule has 10 nitrogen and oxygen atoms in total. The Labute approximate surface area is 210 Å². The van der Waals surface area contributed by atoms with Gasteiger partial charge in [-0.15, -0.1) is 0 Å². The lowest BCUT2D eigenvalue weighted by atomic mass is 10.1. The number of urea groups is 1. The molecule has 2 heterocycles. The standard InChI is InChI=1S/C24H22ClFN4O6/c1-2-35-23(33)20-21(36-12-27-20)13-3-8-18(17(26)9-13)29-22(32)19-10-16(31)11-30(19)24(34)28-15-6-4-14(25)5-7-15/h3-9,12,16,19,31H,2,10-11H2,1H3,(H,28,34)(H,29,32)/t16-,19-/m1/s1. The van der Waals surface area contributed by atoms with Crippen molar-refractivity contribution in [1.29, 1.82) is 0 Å². The summed E-state index contributed by atoms with van der Waals surface area (Å²) in [4.78, 5) is 42.7. The van der Waals surface area contributed by atoms with Crippen LogP contribution in [0.25, 0.3) is 11.3 Å². The van der Waals surface area contributed by atoms with Crippen molar-refractivity contribution in [2.24, 2.45) is 0 Å². The molecule has 0 bridgehead atoms. The number of esters is 1. The number of nitrogens with zero attached hydrogens (tertiary/aromatic N) is 2. The number of carbonyl (C=O) groups excluding carboxylic acids is 3. The second-order valence-corrected chi connectivity index (χ2v) is 8.37. The number of amides is 3. The maximum atomic E-state index is 14.9. The van der Waals surface area contributed by atoms with Gasteiger partial charge >= 0.3 is 12.0 Å². The predicted octanol–water partition coefficient (Wildman–Crippen LogP) is 3.92. The zero-order chi connectivity index (χ0) is 25.8. The number of β-amino-alcohol motifs (C(OH)–C–C–N with tert-alkyl or cyclic N) is 1. The van der Waals surface area contributed by atoms with Crippen LogP contribution in [0.1, 0.15) is 23.8 Å². The van der Waals surface area contributed by atoms with E-state index in [1.807, 2.05) is 0 Å². The number of halogens is 2. The molecular formula is C24H22ClFN4O6. The minimum Gasteiger partial charge on any atom is -0.461 e. The minimum absolute atomic E-state index is 0.0134. The highest BCUT2D eigenvalue weighted by Gasteiger charge is 2.39. The highest BCUT2D eigenvalue weighted by Crippen LogP contribution is 2.28. The van der Waals surface area contributed by atoms with E-state index in [1.165, 1.54) is 17.0 Å². The Morgan fingerprint density at radius 1 is 1.22 bits per heavy atom. The van der Waals surface area contributed by atoms with Gasteiger partial charge in [0.05, 0.1) is 18.4 Å². The molecule has 12 heteroatoms. The van der Waals surface area contributed by atoms with Crippen molar-refractivity contribution in [1.82, 2.24) is 9.88 Å². The Morgan fingerprint density at radius 3 is 2.67 bits per heavy atom. The molecule has 3 N–H and O–H groups in total. The van der Waals surface area contributed by atoms with Crippen LogP contribution < -0.4 is 10.6 Å². The zero-order valence-corrected chi connectivity index (χ0v) is 19.8. The van der Waals surface area contributed by atoms with Gasteiger partial charge in [0.1, 0.15) is 11.9 Å². The molecule has 2 atom stereocenters. The van der Waals surface area contributed by atoms with E-state index in [4.69, 9.17) is 20.8 Å². The molecule has 0 spiro atoms. The Bertz CT molecular complexity index is 1280. The van der Waals surface area contributed by atoms with E-state index in [0.717, 1.165) is 12.5 Å². The lowest BCUT2D eigenvalue weighted by Gasteiger charge is -2.24. The highest BCUT2D eigenvalue weighted by atomic mass is 35.5. The topological polar surface area (TPSA) is 134 Å². The maximum absolute atomic E-state index is 14.9. The number of carbonyl (C=O) groups is 3. The Balaban J connectivity index is 1.47. The molecule has 0 unspecified atom stereocenters.